The van der Waals surface area contributed by atoms with E-state index in [1.54, 1.807) is 20.8 Å². The smallest absolute Gasteiger partial charge is 0.397 e. The number of aliphatic hydroxyl groups excluding tert-OH is 2. The average molecular weight is 330 g/mol. The molecule has 2 N–H and O–H groups in total. The van der Waals surface area contributed by atoms with Gasteiger partial charge in [0.05, 0.1) is 13.2 Å². The first kappa shape index (κ1) is 25.7. The van der Waals surface area contributed by atoms with Crippen molar-refractivity contribution in [3.05, 3.63) is 0 Å². The van der Waals surface area contributed by atoms with Crippen molar-refractivity contribution < 1.29 is 27.0 Å². The molecule has 0 fully saturated rings. The minimum absolute atomic E-state index is 0.124. The summed E-state index contributed by atoms with van der Waals surface area (Å²) in [4.78, 5) is 0. The van der Waals surface area contributed by atoms with Gasteiger partial charge in [-0.15, -0.1) is 0 Å². The summed E-state index contributed by atoms with van der Waals surface area (Å²) in [7, 11) is -3.73. The van der Waals surface area contributed by atoms with Gasteiger partial charge in [-0.2, -0.15) is 8.42 Å². The Bertz CT molecular complexity index is 252. The van der Waals surface area contributed by atoms with E-state index in [-0.39, 0.29) is 26.4 Å². The van der Waals surface area contributed by atoms with Crippen molar-refractivity contribution in [3.8, 4) is 0 Å². The molecular formula is C14H34O6S. The summed E-state index contributed by atoms with van der Waals surface area (Å²) >= 11 is 0. The van der Waals surface area contributed by atoms with Crippen LogP contribution in [-0.2, 0) is 18.8 Å². The van der Waals surface area contributed by atoms with Crippen LogP contribution in [0, 0.1) is 0 Å². The Hall–Kier alpha value is -0.210. The van der Waals surface area contributed by atoms with Crippen LogP contribution in [0.3, 0.4) is 0 Å². The number of rotatable bonds is 10. The van der Waals surface area contributed by atoms with E-state index >= 15 is 0 Å². The fraction of sp³-hybridized carbons (Fsp3) is 1.00. The van der Waals surface area contributed by atoms with Crippen LogP contribution < -0.4 is 0 Å². The van der Waals surface area contributed by atoms with E-state index in [1.165, 1.54) is 19.3 Å². The predicted molar refractivity (Wildman–Crippen MR) is 85.4 cm³/mol. The largest absolute Gasteiger partial charge is 0.399 e. The second-order valence-electron chi connectivity index (χ2n) is 4.04. The molecule has 0 heterocycles. The monoisotopic (exact) mass is 330 g/mol. The minimum atomic E-state index is -3.73. The Kier molecular flexibility index (Phi) is 27.0. The van der Waals surface area contributed by atoms with Crippen LogP contribution in [0.1, 0.15) is 66.2 Å². The molecule has 7 heteroatoms. The Morgan fingerprint density at radius 1 is 0.762 bits per heavy atom. The highest BCUT2D eigenvalue weighted by atomic mass is 32.3. The van der Waals surface area contributed by atoms with E-state index in [0.717, 1.165) is 19.3 Å². The number of hydrogen-bond donors (Lipinski definition) is 2. The summed E-state index contributed by atoms with van der Waals surface area (Å²) in [5.74, 6) is 0. The second-order valence-corrected chi connectivity index (χ2v) is 5.32. The standard InChI is InChI=1S/C10H22O4S.2C2H6O/c1-3-5-6-7-8-9-10-14-15(11,12)13-4-2;2*1-2-3/h3-10H2,1-2H3;2*3H,2H2,1H3. The molecule has 0 unspecified atom stereocenters. The van der Waals surface area contributed by atoms with Crippen molar-refractivity contribution in [2.45, 2.75) is 66.2 Å². The van der Waals surface area contributed by atoms with Crippen LogP contribution >= 0.6 is 0 Å². The van der Waals surface area contributed by atoms with Gasteiger partial charge in [0.15, 0.2) is 0 Å². The average Bonchev–Trinajstić information content (AvgIpc) is 2.39. The first-order valence-corrected chi connectivity index (χ1v) is 9.04. The molecule has 6 nitrogen and oxygen atoms in total. The second kappa shape index (κ2) is 22.1. The Morgan fingerprint density at radius 3 is 1.62 bits per heavy atom. The number of unbranched alkanes of at least 4 members (excludes halogenated alkanes) is 5. The summed E-state index contributed by atoms with van der Waals surface area (Å²) in [5.41, 5.74) is 0. The highest BCUT2D eigenvalue weighted by Crippen LogP contribution is 2.06. The van der Waals surface area contributed by atoms with Crippen LogP contribution in [0.25, 0.3) is 0 Å². The zero-order valence-corrected chi connectivity index (χ0v) is 14.8. The van der Waals surface area contributed by atoms with Crippen molar-refractivity contribution in [2.75, 3.05) is 26.4 Å². The molecule has 0 aromatic heterocycles. The van der Waals surface area contributed by atoms with Gasteiger partial charge < -0.3 is 10.2 Å². The zero-order valence-electron chi connectivity index (χ0n) is 14.0. The molecule has 0 atom stereocenters. The lowest BCUT2D eigenvalue weighted by Crippen LogP contribution is -2.10. The van der Waals surface area contributed by atoms with E-state index in [9.17, 15) is 8.42 Å². The molecule has 0 aliphatic carbocycles. The highest BCUT2D eigenvalue weighted by molar-refractivity contribution is 7.81. The third-order valence-electron chi connectivity index (χ3n) is 1.99. The molecule has 0 spiro atoms. The molecule has 0 aliphatic heterocycles. The van der Waals surface area contributed by atoms with Crippen LogP contribution in [0.15, 0.2) is 0 Å². The molecule has 0 aromatic rings. The van der Waals surface area contributed by atoms with Gasteiger partial charge in [-0.25, -0.2) is 8.37 Å². The lowest BCUT2D eigenvalue weighted by Gasteiger charge is -2.03. The van der Waals surface area contributed by atoms with Gasteiger partial charge in [0.1, 0.15) is 0 Å². The molecule has 0 aliphatic rings. The first-order valence-electron chi connectivity index (χ1n) is 7.70. The summed E-state index contributed by atoms with van der Waals surface area (Å²) in [6.07, 6.45) is 6.62. The van der Waals surface area contributed by atoms with Crippen molar-refractivity contribution in [2.24, 2.45) is 0 Å². The van der Waals surface area contributed by atoms with Crippen LogP contribution in [-0.4, -0.2) is 45.1 Å². The minimum Gasteiger partial charge on any atom is -0.397 e. The van der Waals surface area contributed by atoms with Crippen molar-refractivity contribution in [1.29, 1.82) is 0 Å². The quantitative estimate of drug-likeness (QED) is 0.598. The molecule has 0 aromatic carbocycles. The molecule has 0 saturated carbocycles. The molecule has 0 saturated heterocycles. The normalized spacial score (nSPS) is 10.2. The van der Waals surface area contributed by atoms with E-state index in [0.29, 0.717) is 0 Å². The summed E-state index contributed by atoms with van der Waals surface area (Å²) in [5, 5.41) is 15.1. The van der Waals surface area contributed by atoms with Gasteiger partial charge in [0.2, 0.25) is 0 Å². The number of aliphatic hydroxyl groups is 2. The highest BCUT2D eigenvalue weighted by Gasteiger charge is 2.09. The van der Waals surface area contributed by atoms with Gasteiger partial charge in [0, 0.05) is 13.2 Å². The Morgan fingerprint density at radius 2 is 1.19 bits per heavy atom. The third-order valence-corrected chi connectivity index (χ3v) is 2.97. The fourth-order valence-electron chi connectivity index (χ4n) is 1.22. The predicted octanol–water partition coefficient (Wildman–Crippen LogP) is 2.64. The lowest BCUT2D eigenvalue weighted by atomic mass is 10.1. The van der Waals surface area contributed by atoms with Crippen molar-refractivity contribution in [1.82, 2.24) is 0 Å². The van der Waals surface area contributed by atoms with Gasteiger partial charge in [-0.05, 0) is 27.2 Å². The molecule has 21 heavy (non-hydrogen) atoms. The topological polar surface area (TPSA) is 93.1 Å². The van der Waals surface area contributed by atoms with Crippen LogP contribution in [0.5, 0.6) is 0 Å². The lowest BCUT2D eigenvalue weighted by molar-refractivity contribution is 0.218. The van der Waals surface area contributed by atoms with Gasteiger partial charge in [0.25, 0.3) is 0 Å². The van der Waals surface area contributed by atoms with Crippen LogP contribution in [0.2, 0.25) is 0 Å². The van der Waals surface area contributed by atoms with Gasteiger partial charge in [-0.3, -0.25) is 0 Å². The fourth-order valence-corrected chi connectivity index (χ4v) is 1.90. The van der Waals surface area contributed by atoms with Crippen molar-refractivity contribution in [3.63, 3.8) is 0 Å². The van der Waals surface area contributed by atoms with Gasteiger partial charge >= 0.3 is 10.4 Å². The summed E-state index contributed by atoms with van der Waals surface area (Å²) in [6, 6.07) is 0. The molecule has 0 amide bonds. The molecular weight excluding hydrogens is 296 g/mol. The Labute approximate surface area is 130 Å². The van der Waals surface area contributed by atoms with E-state index < -0.39 is 10.4 Å². The van der Waals surface area contributed by atoms with Gasteiger partial charge in [-0.1, -0.05) is 39.0 Å². The summed E-state index contributed by atoms with van der Waals surface area (Å²) < 4.78 is 30.9. The van der Waals surface area contributed by atoms with E-state index in [2.05, 4.69) is 15.3 Å². The SMILES string of the molecule is CCCCCCCCOS(=O)(=O)OCC.CCO.CCO. The zero-order chi connectivity index (χ0) is 17.0. The maximum atomic E-state index is 10.9. The Balaban J connectivity index is -0.000000460. The van der Waals surface area contributed by atoms with Crippen molar-refractivity contribution >= 4 is 10.4 Å². The van der Waals surface area contributed by atoms with Crippen LogP contribution in [0.4, 0.5) is 0 Å². The van der Waals surface area contributed by atoms with E-state index in [1.807, 2.05) is 0 Å². The first-order chi connectivity index (χ1) is 9.95. The number of hydrogen-bond acceptors (Lipinski definition) is 6. The maximum absolute atomic E-state index is 10.9. The molecule has 0 bridgehead atoms. The summed E-state index contributed by atoms with van der Waals surface area (Å²) in [6.45, 7) is 8.00. The molecule has 0 rings (SSSR count). The molecule has 132 valence electrons. The van der Waals surface area contributed by atoms with E-state index in [4.69, 9.17) is 10.2 Å². The third kappa shape index (κ3) is 32.9. The maximum Gasteiger partial charge on any atom is 0.399 e. The molecule has 0 radical (unpaired) electrons.